The summed E-state index contributed by atoms with van der Waals surface area (Å²) in [5, 5.41) is 18.2. The van der Waals surface area contributed by atoms with Crippen LogP contribution < -0.4 is 10.6 Å². The monoisotopic (exact) mass is 459 g/mol. The molecular weight excluding hydrogens is 441 g/mol. The van der Waals surface area contributed by atoms with Crippen molar-refractivity contribution in [1.29, 1.82) is 0 Å². The first kappa shape index (κ1) is 20.8. The van der Waals surface area contributed by atoms with Gasteiger partial charge >= 0.3 is 0 Å². The zero-order valence-electron chi connectivity index (χ0n) is 16.5. The summed E-state index contributed by atoms with van der Waals surface area (Å²) in [6, 6.07) is 12.8. The summed E-state index contributed by atoms with van der Waals surface area (Å²) in [6.45, 7) is 5.34. The fraction of sp³-hybridized carbons (Fsp3) is 0.190. The highest BCUT2D eigenvalue weighted by Crippen LogP contribution is 2.36. The van der Waals surface area contributed by atoms with Gasteiger partial charge in [0.15, 0.2) is 15.8 Å². The molecule has 0 spiro atoms. The first-order valence-electron chi connectivity index (χ1n) is 9.17. The normalized spacial score (nSPS) is 11.7. The van der Waals surface area contributed by atoms with Crippen LogP contribution in [0.25, 0.3) is 10.3 Å². The molecule has 0 aliphatic rings. The number of thiazole rings is 1. The highest BCUT2D eigenvalue weighted by molar-refractivity contribution is 7.21. The summed E-state index contributed by atoms with van der Waals surface area (Å²) in [4.78, 5) is 14.4. The smallest absolute Gasteiger partial charge is 0.190 e. The zero-order valence-corrected chi connectivity index (χ0v) is 18.8. The Balaban J connectivity index is 1.67. The van der Waals surface area contributed by atoms with Crippen LogP contribution in [0.3, 0.4) is 0 Å². The summed E-state index contributed by atoms with van der Waals surface area (Å²) in [5.74, 6) is 1.23. The molecule has 154 valence electrons. The number of benzene rings is 2. The SMILES string of the molecule is Cc1nc(Nc2ccc(C(C)(C)O)cc2)c2nc(Nc3c(Cl)cccc3Cl)sc2n1. The number of hydrogen-bond donors (Lipinski definition) is 3. The largest absolute Gasteiger partial charge is 0.386 e. The molecule has 4 aromatic rings. The van der Waals surface area contributed by atoms with Crippen LogP contribution in [0.4, 0.5) is 22.3 Å². The Morgan fingerprint density at radius 1 is 0.933 bits per heavy atom. The maximum Gasteiger partial charge on any atom is 0.190 e. The van der Waals surface area contributed by atoms with E-state index in [0.29, 0.717) is 38.0 Å². The number of nitrogens with one attached hydrogen (secondary N) is 2. The van der Waals surface area contributed by atoms with Gasteiger partial charge in [-0.05, 0) is 50.6 Å². The lowest BCUT2D eigenvalue weighted by molar-refractivity contribution is 0.0786. The van der Waals surface area contributed by atoms with E-state index < -0.39 is 5.60 Å². The average molecular weight is 460 g/mol. The molecule has 0 bridgehead atoms. The van der Waals surface area contributed by atoms with E-state index in [4.69, 9.17) is 23.2 Å². The number of hydrogen-bond acceptors (Lipinski definition) is 7. The van der Waals surface area contributed by atoms with E-state index in [-0.39, 0.29) is 0 Å². The van der Waals surface area contributed by atoms with Crippen LogP contribution >= 0.6 is 34.5 Å². The Morgan fingerprint density at radius 2 is 1.60 bits per heavy atom. The van der Waals surface area contributed by atoms with Gasteiger partial charge in [-0.15, -0.1) is 0 Å². The van der Waals surface area contributed by atoms with Crippen LogP contribution in [0, 0.1) is 6.92 Å². The van der Waals surface area contributed by atoms with Gasteiger partial charge in [-0.25, -0.2) is 15.0 Å². The standard InChI is InChI=1S/C21H19Cl2N5OS/c1-11-24-18(26-13-9-7-12(8-10-13)21(2,3)29)17-19(25-11)30-20(28-17)27-16-14(22)5-4-6-15(16)23/h4-10,29H,1-3H3,(H,27,28)(H,24,25,26). The van der Waals surface area contributed by atoms with Gasteiger partial charge in [-0.3, -0.25) is 0 Å². The molecule has 0 unspecified atom stereocenters. The minimum Gasteiger partial charge on any atom is -0.386 e. The van der Waals surface area contributed by atoms with Gasteiger partial charge in [0, 0.05) is 5.69 Å². The van der Waals surface area contributed by atoms with Crippen molar-refractivity contribution in [3.63, 3.8) is 0 Å². The molecule has 0 saturated heterocycles. The third-order valence-corrected chi connectivity index (χ3v) is 5.91. The molecule has 0 radical (unpaired) electrons. The lowest BCUT2D eigenvalue weighted by Gasteiger charge is -2.18. The predicted octanol–water partition coefficient (Wildman–Crippen LogP) is 6.42. The van der Waals surface area contributed by atoms with Crippen LogP contribution in [0.15, 0.2) is 42.5 Å². The molecule has 2 aromatic heterocycles. The van der Waals surface area contributed by atoms with Crippen LogP contribution in [-0.2, 0) is 5.60 Å². The number of aryl methyl sites for hydroxylation is 1. The Bertz CT molecular complexity index is 1200. The van der Waals surface area contributed by atoms with Crippen LogP contribution in [0.2, 0.25) is 10.0 Å². The first-order valence-corrected chi connectivity index (χ1v) is 10.7. The Labute approximate surface area is 187 Å². The van der Waals surface area contributed by atoms with Crippen molar-refractivity contribution >= 4 is 67.2 Å². The maximum absolute atomic E-state index is 10.1. The van der Waals surface area contributed by atoms with E-state index >= 15 is 0 Å². The van der Waals surface area contributed by atoms with Crippen molar-refractivity contribution in [2.45, 2.75) is 26.4 Å². The topological polar surface area (TPSA) is 83.0 Å². The molecule has 0 fully saturated rings. The molecule has 0 aliphatic carbocycles. The predicted molar refractivity (Wildman–Crippen MR) is 125 cm³/mol. The lowest BCUT2D eigenvalue weighted by atomic mass is 9.98. The van der Waals surface area contributed by atoms with E-state index in [1.54, 1.807) is 32.0 Å². The molecule has 2 aromatic carbocycles. The van der Waals surface area contributed by atoms with Gasteiger partial charge in [-0.2, -0.15) is 0 Å². The highest BCUT2D eigenvalue weighted by Gasteiger charge is 2.17. The van der Waals surface area contributed by atoms with Crippen molar-refractivity contribution in [3.05, 3.63) is 63.9 Å². The number of fused-ring (bicyclic) bond motifs is 1. The first-order chi connectivity index (χ1) is 14.2. The molecule has 0 amide bonds. The van der Waals surface area contributed by atoms with Crippen molar-refractivity contribution in [2.75, 3.05) is 10.6 Å². The minimum absolute atomic E-state index is 0.509. The molecule has 3 N–H and O–H groups in total. The van der Waals surface area contributed by atoms with Crippen molar-refractivity contribution in [1.82, 2.24) is 15.0 Å². The summed E-state index contributed by atoms with van der Waals surface area (Å²) in [6.07, 6.45) is 0. The summed E-state index contributed by atoms with van der Waals surface area (Å²) in [7, 11) is 0. The fourth-order valence-corrected chi connectivity index (χ4v) is 4.27. The van der Waals surface area contributed by atoms with Crippen molar-refractivity contribution in [3.8, 4) is 0 Å². The van der Waals surface area contributed by atoms with Crippen molar-refractivity contribution < 1.29 is 5.11 Å². The molecule has 2 heterocycles. The molecule has 4 rings (SSSR count). The summed E-state index contributed by atoms with van der Waals surface area (Å²) < 4.78 is 0. The Kier molecular flexibility index (Phi) is 5.55. The lowest BCUT2D eigenvalue weighted by Crippen LogP contribution is -2.15. The number of rotatable bonds is 5. The summed E-state index contributed by atoms with van der Waals surface area (Å²) in [5.41, 5.74) is 2.00. The van der Waals surface area contributed by atoms with E-state index in [1.165, 1.54) is 11.3 Å². The quantitative estimate of drug-likeness (QED) is 0.319. The van der Waals surface area contributed by atoms with Gasteiger partial charge in [0.1, 0.15) is 11.3 Å². The second-order valence-electron chi connectivity index (χ2n) is 7.28. The molecule has 0 saturated carbocycles. The van der Waals surface area contributed by atoms with Crippen LogP contribution in [-0.4, -0.2) is 20.1 Å². The molecular formula is C21H19Cl2N5OS. The molecule has 0 aliphatic heterocycles. The number of anilines is 4. The number of nitrogens with zero attached hydrogens (tertiary/aromatic N) is 3. The van der Waals surface area contributed by atoms with Gasteiger partial charge in [-0.1, -0.05) is 52.7 Å². The highest BCUT2D eigenvalue weighted by atomic mass is 35.5. The maximum atomic E-state index is 10.1. The van der Waals surface area contributed by atoms with E-state index in [1.807, 2.05) is 31.2 Å². The Hall–Kier alpha value is -2.45. The zero-order chi connectivity index (χ0) is 21.5. The number of aliphatic hydroxyl groups is 1. The van der Waals surface area contributed by atoms with E-state index in [2.05, 4.69) is 25.6 Å². The fourth-order valence-electron chi connectivity index (χ4n) is 2.89. The van der Waals surface area contributed by atoms with Gasteiger partial charge in [0.05, 0.1) is 21.3 Å². The molecule has 6 nitrogen and oxygen atoms in total. The molecule has 30 heavy (non-hydrogen) atoms. The van der Waals surface area contributed by atoms with E-state index in [9.17, 15) is 5.11 Å². The molecule has 9 heteroatoms. The second-order valence-corrected chi connectivity index (χ2v) is 9.07. The number of halogens is 2. The number of aromatic nitrogens is 3. The van der Waals surface area contributed by atoms with Crippen molar-refractivity contribution in [2.24, 2.45) is 0 Å². The van der Waals surface area contributed by atoms with Crippen LogP contribution in [0.1, 0.15) is 25.2 Å². The van der Waals surface area contributed by atoms with Gasteiger partial charge < -0.3 is 15.7 Å². The van der Waals surface area contributed by atoms with Gasteiger partial charge in [0.25, 0.3) is 0 Å². The summed E-state index contributed by atoms with van der Waals surface area (Å²) >= 11 is 13.9. The second kappa shape index (κ2) is 8.00. The number of para-hydroxylation sites is 1. The van der Waals surface area contributed by atoms with Gasteiger partial charge in [0.2, 0.25) is 0 Å². The Morgan fingerprint density at radius 3 is 2.23 bits per heavy atom. The average Bonchev–Trinajstić information content (AvgIpc) is 3.07. The van der Waals surface area contributed by atoms with E-state index in [0.717, 1.165) is 16.1 Å². The molecule has 0 atom stereocenters. The third kappa shape index (κ3) is 4.34. The van der Waals surface area contributed by atoms with Crippen LogP contribution in [0.5, 0.6) is 0 Å². The minimum atomic E-state index is -0.896. The third-order valence-electron chi connectivity index (χ3n) is 4.42.